The molecule has 2 aromatic rings. The zero-order valence-electron chi connectivity index (χ0n) is 14.0. The lowest BCUT2D eigenvalue weighted by Crippen LogP contribution is -2.32. The molecule has 140 valence electrons. The molecule has 0 aliphatic heterocycles. The number of amides is 2. The van der Waals surface area contributed by atoms with Crippen molar-refractivity contribution in [2.75, 3.05) is 18.5 Å². The lowest BCUT2D eigenvalue weighted by Gasteiger charge is -2.14. The van der Waals surface area contributed by atoms with Crippen LogP contribution in [0.15, 0.2) is 48.5 Å². The fraction of sp³-hybridized carbons (Fsp3) is 0.278. The molecule has 0 bridgehead atoms. The molecule has 0 radical (unpaired) electrons. The van der Waals surface area contributed by atoms with Crippen LogP contribution in [-0.4, -0.2) is 24.3 Å². The van der Waals surface area contributed by atoms with Gasteiger partial charge in [0.1, 0.15) is 5.75 Å². The van der Waals surface area contributed by atoms with Crippen molar-refractivity contribution in [1.82, 2.24) is 5.32 Å². The Morgan fingerprint density at radius 1 is 1.12 bits per heavy atom. The van der Waals surface area contributed by atoms with E-state index < -0.39 is 23.9 Å². The number of benzene rings is 2. The second-order valence-electron chi connectivity index (χ2n) is 5.43. The summed E-state index contributed by atoms with van der Waals surface area (Å²) in [5.74, 6) is 0.677. The summed E-state index contributed by atoms with van der Waals surface area (Å²) >= 11 is 0. The van der Waals surface area contributed by atoms with Crippen LogP contribution in [0, 0.1) is 0 Å². The van der Waals surface area contributed by atoms with Gasteiger partial charge in [-0.1, -0.05) is 12.1 Å². The molecule has 0 aromatic heterocycles. The Labute approximate surface area is 148 Å². The zero-order chi connectivity index (χ0) is 19.2. The van der Waals surface area contributed by atoms with Crippen LogP contribution in [0.1, 0.15) is 24.2 Å². The molecule has 0 saturated heterocycles. The second-order valence-corrected chi connectivity index (χ2v) is 5.43. The van der Waals surface area contributed by atoms with Crippen molar-refractivity contribution < 1.29 is 27.8 Å². The minimum Gasteiger partial charge on any atom is -0.494 e. The number of carbonyl (C=O) groups is 1. The highest BCUT2D eigenvalue weighted by molar-refractivity contribution is 5.89. The smallest absolute Gasteiger partial charge is 0.416 e. The molecule has 26 heavy (non-hydrogen) atoms. The molecule has 2 aromatic carbocycles. The zero-order valence-corrected chi connectivity index (χ0v) is 14.0. The number of ether oxygens (including phenoxy) is 1. The van der Waals surface area contributed by atoms with Gasteiger partial charge < -0.3 is 20.5 Å². The molecular formula is C18H19F3N2O3. The number of aliphatic hydroxyl groups is 1. The van der Waals surface area contributed by atoms with Crippen LogP contribution in [0.5, 0.6) is 5.75 Å². The third kappa shape index (κ3) is 5.66. The first kappa shape index (κ1) is 19.6. The third-order valence-electron chi connectivity index (χ3n) is 3.50. The topological polar surface area (TPSA) is 70.6 Å². The first-order chi connectivity index (χ1) is 12.3. The maximum Gasteiger partial charge on any atom is 0.416 e. The van der Waals surface area contributed by atoms with E-state index >= 15 is 0 Å². The van der Waals surface area contributed by atoms with Gasteiger partial charge in [-0.15, -0.1) is 0 Å². The molecule has 2 amide bonds. The predicted molar refractivity (Wildman–Crippen MR) is 91.0 cm³/mol. The Balaban J connectivity index is 1.84. The molecule has 5 nitrogen and oxygen atoms in total. The molecule has 3 N–H and O–H groups in total. The van der Waals surface area contributed by atoms with Crippen molar-refractivity contribution in [3.8, 4) is 5.75 Å². The fourth-order valence-electron chi connectivity index (χ4n) is 2.18. The molecule has 0 heterocycles. The average molecular weight is 368 g/mol. The maximum absolute atomic E-state index is 12.5. The van der Waals surface area contributed by atoms with Crippen LogP contribution in [0.3, 0.4) is 0 Å². The number of alkyl halides is 3. The van der Waals surface area contributed by atoms with Crippen molar-refractivity contribution in [1.29, 1.82) is 0 Å². The average Bonchev–Trinajstić information content (AvgIpc) is 2.61. The molecule has 1 atom stereocenters. The van der Waals surface area contributed by atoms with Gasteiger partial charge in [-0.2, -0.15) is 13.2 Å². The van der Waals surface area contributed by atoms with E-state index in [1.54, 1.807) is 24.3 Å². The standard InChI is InChI=1S/C18H19F3N2O3/c1-2-26-15-9-7-14(8-10-15)23-17(25)22-11-16(24)12-3-5-13(6-4-12)18(19,20)21/h3-10,16,24H,2,11H2,1H3,(H2,22,23,25)/t16-/m0/s1. The van der Waals surface area contributed by atoms with E-state index in [0.717, 1.165) is 12.1 Å². The largest absolute Gasteiger partial charge is 0.494 e. The van der Waals surface area contributed by atoms with Crippen LogP contribution in [0.25, 0.3) is 0 Å². The monoisotopic (exact) mass is 368 g/mol. The predicted octanol–water partition coefficient (Wildman–Crippen LogP) is 3.96. The Morgan fingerprint density at radius 3 is 2.27 bits per heavy atom. The summed E-state index contributed by atoms with van der Waals surface area (Å²) in [6.45, 7) is 2.25. The summed E-state index contributed by atoms with van der Waals surface area (Å²) in [7, 11) is 0. The van der Waals surface area contributed by atoms with Crippen LogP contribution in [0.4, 0.5) is 23.7 Å². The lowest BCUT2D eigenvalue weighted by molar-refractivity contribution is -0.137. The molecule has 0 fully saturated rings. The molecule has 0 aliphatic carbocycles. The van der Waals surface area contributed by atoms with Gasteiger partial charge in [0.05, 0.1) is 18.3 Å². The molecule has 0 aliphatic rings. The van der Waals surface area contributed by atoms with E-state index in [0.29, 0.717) is 18.0 Å². The summed E-state index contributed by atoms with van der Waals surface area (Å²) in [5.41, 5.74) is 0.0176. The summed E-state index contributed by atoms with van der Waals surface area (Å²) in [4.78, 5) is 11.8. The quantitative estimate of drug-likeness (QED) is 0.723. The maximum atomic E-state index is 12.5. The molecular weight excluding hydrogens is 349 g/mol. The molecule has 0 spiro atoms. The Kier molecular flexibility index (Phi) is 6.46. The van der Waals surface area contributed by atoms with E-state index in [2.05, 4.69) is 10.6 Å². The van der Waals surface area contributed by atoms with Gasteiger partial charge in [-0.05, 0) is 48.9 Å². The number of hydrogen-bond acceptors (Lipinski definition) is 3. The van der Waals surface area contributed by atoms with Gasteiger partial charge in [0.25, 0.3) is 0 Å². The highest BCUT2D eigenvalue weighted by Crippen LogP contribution is 2.29. The summed E-state index contributed by atoms with van der Waals surface area (Å²) in [5, 5.41) is 15.0. The number of nitrogens with one attached hydrogen (secondary N) is 2. The summed E-state index contributed by atoms with van der Waals surface area (Å²) in [6.07, 6.45) is -5.55. The molecule has 0 unspecified atom stereocenters. The Morgan fingerprint density at radius 2 is 1.73 bits per heavy atom. The van der Waals surface area contributed by atoms with Crippen molar-refractivity contribution in [2.24, 2.45) is 0 Å². The van der Waals surface area contributed by atoms with Gasteiger partial charge in [0, 0.05) is 12.2 Å². The van der Waals surface area contributed by atoms with E-state index in [-0.39, 0.29) is 12.1 Å². The number of hydrogen-bond donors (Lipinski definition) is 3. The van der Waals surface area contributed by atoms with E-state index in [1.165, 1.54) is 12.1 Å². The highest BCUT2D eigenvalue weighted by Gasteiger charge is 2.30. The van der Waals surface area contributed by atoms with Gasteiger partial charge in [-0.3, -0.25) is 0 Å². The van der Waals surface area contributed by atoms with E-state index in [4.69, 9.17) is 4.74 Å². The van der Waals surface area contributed by atoms with Gasteiger partial charge >= 0.3 is 12.2 Å². The summed E-state index contributed by atoms with van der Waals surface area (Å²) in [6, 6.07) is 10.3. The Hall–Kier alpha value is -2.74. The molecule has 0 saturated carbocycles. The van der Waals surface area contributed by atoms with E-state index in [9.17, 15) is 23.1 Å². The van der Waals surface area contributed by atoms with Crippen LogP contribution >= 0.6 is 0 Å². The lowest BCUT2D eigenvalue weighted by atomic mass is 10.1. The van der Waals surface area contributed by atoms with Crippen molar-refractivity contribution in [3.63, 3.8) is 0 Å². The fourth-order valence-corrected chi connectivity index (χ4v) is 2.18. The van der Waals surface area contributed by atoms with Crippen LogP contribution in [-0.2, 0) is 6.18 Å². The Bertz CT molecular complexity index is 716. The second kappa shape index (κ2) is 8.57. The van der Waals surface area contributed by atoms with Crippen molar-refractivity contribution >= 4 is 11.7 Å². The first-order valence-corrected chi connectivity index (χ1v) is 7.92. The third-order valence-corrected chi connectivity index (χ3v) is 3.50. The van der Waals surface area contributed by atoms with Crippen molar-refractivity contribution in [3.05, 3.63) is 59.7 Å². The highest BCUT2D eigenvalue weighted by atomic mass is 19.4. The van der Waals surface area contributed by atoms with Crippen molar-refractivity contribution in [2.45, 2.75) is 19.2 Å². The molecule has 2 rings (SSSR count). The van der Waals surface area contributed by atoms with Gasteiger partial charge in [0.15, 0.2) is 0 Å². The number of urea groups is 1. The van der Waals surface area contributed by atoms with Crippen LogP contribution in [0.2, 0.25) is 0 Å². The normalized spacial score (nSPS) is 12.3. The first-order valence-electron chi connectivity index (χ1n) is 7.92. The van der Waals surface area contributed by atoms with E-state index in [1.807, 2.05) is 6.92 Å². The minimum absolute atomic E-state index is 0.145. The SMILES string of the molecule is CCOc1ccc(NC(=O)NC[C@H](O)c2ccc(C(F)(F)F)cc2)cc1. The number of anilines is 1. The number of carbonyl (C=O) groups excluding carboxylic acids is 1. The number of rotatable bonds is 6. The van der Waals surface area contributed by atoms with Crippen LogP contribution < -0.4 is 15.4 Å². The number of aliphatic hydroxyl groups excluding tert-OH is 1. The number of halogens is 3. The van der Waals surface area contributed by atoms with Gasteiger partial charge in [0.2, 0.25) is 0 Å². The molecule has 8 heteroatoms. The summed E-state index contributed by atoms with van der Waals surface area (Å²) < 4.78 is 42.8. The minimum atomic E-state index is -4.43. The van der Waals surface area contributed by atoms with Gasteiger partial charge in [-0.25, -0.2) is 4.79 Å².